The Hall–Kier alpha value is -2.42. The first-order valence-corrected chi connectivity index (χ1v) is 7.77. The van der Waals surface area contributed by atoms with Crippen LogP contribution in [0.3, 0.4) is 0 Å². The Morgan fingerprint density at radius 2 is 1.61 bits per heavy atom. The zero-order chi connectivity index (χ0) is 16.8. The molecule has 0 bridgehead atoms. The molecule has 3 heteroatoms. The van der Waals surface area contributed by atoms with Crippen molar-refractivity contribution >= 4 is 11.8 Å². The van der Waals surface area contributed by atoms with Crippen LogP contribution in [0.1, 0.15) is 36.5 Å². The van der Waals surface area contributed by atoms with Crippen molar-refractivity contribution in [1.29, 1.82) is 0 Å². The standard InChI is InChI=1S/C20H22O3/c1-14-9-7-8-12-18(14)15(2)19(16(3)21)20(22)23-13-17-10-5-4-6-11-17/h4-12,15,19H,13H2,1-3H3. The molecule has 0 aliphatic carbocycles. The van der Waals surface area contributed by atoms with Gasteiger partial charge < -0.3 is 4.74 Å². The predicted molar refractivity (Wildman–Crippen MR) is 90.0 cm³/mol. The van der Waals surface area contributed by atoms with Crippen LogP contribution in [0.2, 0.25) is 0 Å². The summed E-state index contributed by atoms with van der Waals surface area (Å²) in [4.78, 5) is 24.5. The van der Waals surface area contributed by atoms with Gasteiger partial charge in [-0.25, -0.2) is 0 Å². The molecule has 0 fully saturated rings. The maximum Gasteiger partial charge on any atom is 0.317 e. The summed E-state index contributed by atoms with van der Waals surface area (Å²) in [5.74, 6) is -1.62. The molecule has 0 radical (unpaired) electrons. The molecule has 0 aliphatic rings. The van der Waals surface area contributed by atoms with Gasteiger partial charge >= 0.3 is 5.97 Å². The molecule has 0 heterocycles. The lowest BCUT2D eigenvalue weighted by Crippen LogP contribution is -2.29. The Bertz CT molecular complexity index is 676. The van der Waals surface area contributed by atoms with Crippen molar-refractivity contribution in [1.82, 2.24) is 0 Å². The van der Waals surface area contributed by atoms with E-state index < -0.39 is 11.9 Å². The van der Waals surface area contributed by atoms with E-state index in [2.05, 4.69) is 0 Å². The van der Waals surface area contributed by atoms with Crippen LogP contribution in [-0.4, -0.2) is 11.8 Å². The Kier molecular flexibility index (Phi) is 5.69. The van der Waals surface area contributed by atoms with Gasteiger partial charge in [0.25, 0.3) is 0 Å². The van der Waals surface area contributed by atoms with Gasteiger partial charge in [-0.05, 0) is 30.5 Å². The van der Waals surface area contributed by atoms with Crippen molar-refractivity contribution in [3.8, 4) is 0 Å². The number of aryl methyl sites for hydroxylation is 1. The number of carbonyl (C=O) groups excluding carboxylic acids is 2. The molecule has 2 unspecified atom stereocenters. The molecule has 2 aromatic carbocycles. The third kappa shape index (κ3) is 4.28. The molecular weight excluding hydrogens is 288 g/mol. The molecular formula is C20H22O3. The van der Waals surface area contributed by atoms with E-state index in [1.54, 1.807) is 0 Å². The molecule has 0 N–H and O–H groups in total. The molecule has 0 spiro atoms. The van der Waals surface area contributed by atoms with Crippen LogP contribution in [0.5, 0.6) is 0 Å². The number of hydrogen-bond acceptors (Lipinski definition) is 3. The van der Waals surface area contributed by atoms with E-state index in [0.717, 1.165) is 16.7 Å². The minimum atomic E-state index is -0.778. The van der Waals surface area contributed by atoms with E-state index in [1.165, 1.54) is 6.92 Å². The lowest BCUT2D eigenvalue weighted by Gasteiger charge is -2.22. The Labute approximate surface area is 137 Å². The summed E-state index contributed by atoms with van der Waals surface area (Å²) in [7, 11) is 0. The second-order valence-corrected chi connectivity index (χ2v) is 5.83. The summed E-state index contributed by atoms with van der Waals surface area (Å²) in [6.45, 7) is 5.52. The van der Waals surface area contributed by atoms with E-state index in [4.69, 9.17) is 4.74 Å². The van der Waals surface area contributed by atoms with Crippen LogP contribution in [0, 0.1) is 12.8 Å². The minimum Gasteiger partial charge on any atom is -0.460 e. The first-order chi connectivity index (χ1) is 11.0. The van der Waals surface area contributed by atoms with Crippen LogP contribution in [-0.2, 0) is 20.9 Å². The van der Waals surface area contributed by atoms with Gasteiger partial charge in [0.15, 0.2) is 0 Å². The topological polar surface area (TPSA) is 43.4 Å². The number of esters is 1. The van der Waals surface area contributed by atoms with Gasteiger partial charge in [-0.3, -0.25) is 9.59 Å². The summed E-state index contributed by atoms with van der Waals surface area (Å²) < 4.78 is 5.37. The first-order valence-electron chi connectivity index (χ1n) is 7.77. The lowest BCUT2D eigenvalue weighted by molar-refractivity contribution is -0.153. The quantitative estimate of drug-likeness (QED) is 0.597. The van der Waals surface area contributed by atoms with Crippen molar-refractivity contribution in [2.24, 2.45) is 5.92 Å². The van der Waals surface area contributed by atoms with E-state index in [0.29, 0.717) is 0 Å². The van der Waals surface area contributed by atoms with Crippen molar-refractivity contribution in [3.05, 3.63) is 71.3 Å². The third-order valence-corrected chi connectivity index (χ3v) is 4.09. The molecule has 3 nitrogen and oxygen atoms in total. The maximum absolute atomic E-state index is 12.4. The largest absolute Gasteiger partial charge is 0.460 e. The number of benzene rings is 2. The average Bonchev–Trinajstić information content (AvgIpc) is 2.54. The van der Waals surface area contributed by atoms with Gasteiger partial charge in [0.1, 0.15) is 18.3 Å². The Morgan fingerprint density at radius 3 is 2.22 bits per heavy atom. The highest BCUT2D eigenvalue weighted by Crippen LogP contribution is 2.28. The molecule has 2 aromatic rings. The highest BCUT2D eigenvalue weighted by molar-refractivity contribution is 5.98. The molecule has 0 aromatic heterocycles. The number of ether oxygens (including phenoxy) is 1. The van der Waals surface area contributed by atoms with Gasteiger partial charge in [-0.1, -0.05) is 61.5 Å². The van der Waals surface area contributed by atoms with Gasteiger partial charge in [-0.15, -0.1) is 0 Å². The van der Waals surface area contributed by atoms with Crippen molar-refractivity contribution in [2.75, 3.05) is 0 Å². The highest BCUT2D eigenvalue weighted by Gasteiger charge is 2.32. The lowest BCUT2D eigenvalue weighted by atomic mass is 9.83. The van der Waals surface area contributed by atoms with Gasteiger partial charge in [0, 0.05) is 5.92 Å². The summed E-state index contributed by atoms with van der Waals surface area (Å²) in [5.41, 5.74) is 2.98. The smallest absolute Gasteiger partial charge is 0.317 e. The number of carbonyl (C=O) groups is 2. The summed E-state index contributed by atoms with van der Waals surface area (Å²) in [6.07, 6.45) is 0. The normalized spacial score (nSPS) is 13.2. The van der Waals surface area contributed by atoms with E-state index in [1.807, 2.05) is 68.4 Å². The number of ketones is 1. The van der Waals surface area contributed by atoms with Crippen LogP contribution < -0.4 is 0 Å². The van der Waals surface area contributed by atoms with E-state index >= 15 is 0 Å². The van der Waals surface area contributed by atoms with Gasteiger partial charge in [0.05, 0.1) is 0 Å². The van der Waals surface area contributed by atoms with Crippen molar-refractivity contribution in [3.63, 3.8) is 0 Å². The third-order valence-electron chi connectivity index (χ3n) is 4.09. The second kappa shape index (κ2) is 7.73. The summed E-state index contributed by atoms with van der Waals surface area (Å²) in [5, 5.41) is 0. The summed E-state index contributed by atoms with van der Waals surface area (Å²) >= 11 is 0. The van der Waals surface area contributed by atoms with Crippen LogP contribution >= 0.6 is 0 Å². The SMILES string of the molecule is CC(=O)C(C(=O)OCc1ccccc1)C(C)c1ccccc1C. The molecule has 120 valence electrons. The zero-order valence-corrected chi connectivity index (χ0v) is 13.8. The van der Waals surface area contributed by atoms with E-state index in [9.17, 15) is 9.59 Å². The number of hydrogen-bond donors (Lipinski definition) is 0. The summed E-state index contributed by atoms with van der Waals surface area (Å²) in [6, 6.07) is 17.3. The van der Waals surface area contributed by atoms with Crippen LogP contribution in [0.15, 0.2) is 54.6 Å². The number of rotatable bonds is 6. The monoisotopic (exact) mass is 310 g/mol. The van der Waals surface area contributed by atoms with Crippen molar-refractivity contribution < 1.29 is 14.3 Å². The molecule has 2 rings (SSSR count). The fourth-order valence-electron chi connectivity index (χ4n) is 2.82. The second-order valence-electron chi connectivity index (χ2n) is 5.83. The minimum absolute atomic E-state index is 0.168. The van der Waals surface area contributed by atoms with Gasteiger partial charge in [0.2, 0.25) is 0 Å². The van der Waals surface area contributed by atoms with Crippen LogP contribution in [0.25, 0.3) is 0 Å². The fraction of sp³-hybridized carbons (Fsp3) is 0.300. The Morgan fingerprint density at radius 1 is 1.00 bits per heavy atom. The predicted octanol–water partition coefficient (Wildman–Crippen LogP) is 4.05. The Balaban J connectivity index is 2.13. The average molecular weight is 310 g/mol. The van der Waals surface area contributed by atoms with Crippen molar-refractivity contribution in [2.45, 2.75) is 33.3 Å². The fourth-order valence-corrected chi connectivity index (χ4v) is 2.82. The molecule has 0 amide bonds. The first kappa shape index (κ1) is 16.9. The zero-order valence-electron chi connectivity index (χ0n) is 13.8. The highest BCUT2D eigenvalue weighted by atomic mass is 16.5. The molecule has 0 aliphatic heterocycles. The van der Waals surface area contributed by atoms with Gasteiger partial charge in [-0.2, -0.15) is 0 Å². The van der Waals surface area contributed by atoms with E-state index in [-0.39, 0.29) is 18.3 Å². The van der Waals surface area contributed by atoms with Crippen LogP contribution in [0.4, 0.5) is 0 Å². The molecule has 0 saturated heterocycles. The number of Topliss-reactive ketones (excluding diaryl/α,β-unsaturated/α-hetero) is 1. The molecule has 2 atom stereocenters. The molecule has 23 heavy (non-hydrogen) atoms. The maximum atomic E-state index is 12.4. The molecule has 0 saturated carbocycles.